The number of aromatic nitrogens is 2. The van der Waals surface area contributed by atoms with Crippen molar-refractivity contribution in [3.8, 4) is 5.75 Å². The zero-order chi connectivity index (χ0) is 18.8. The van der Waals surface area contributed by atoms with E-state index < -0.39 is 0 Å². The number of hydrogen-bond acceptors (Lipinski definition) is 4. The molecule has 2 heterocycles. The quantitative estimate of drug-likeness (QED) is 0.494. The van der Waals surface area contributed by atoms with Gasteiger partial charge in [0.2, 0.25) is 0 Å². The van der Waals surface area contributed by atoms with E-state index in [2.05, 4.69) is 15.3 Å². The smallest absolute Gasteiger partial charge is 0.147 e. The van der Waals surface area contributed by atoms with E-state index in [1.54, 1.807) is 24.5 Å². The average molecular weight is 376 g/mol. The van der Waals surface area contributed by atoms with Crippen molar-refractivity contribution in [1.29, 1.82) is 0 Å². The molecule has 27 heavy (non-hydrogen) atoms. The number of rotatable bonds is 4. The van der Waals surface area contributed by atoms with Gasteiger partial charge < -0.3 is 10.4 Å². The molecular formula is C22H18ClN3O. The number of hydrogen-bond donors (Lipinski definition) is 2. The van der Waals surface area contributed by atoms with Gasteiger partial charge in [-0.2, -0.15) is 0 Å². The molecule has 0 aliphatic heterocycles. The van der Waals surface area contributed by atoms with Gasteiger partial charge in [-0.1, -0.05) is 48.0 Å². The zero-order valence-corrected chi connectivity index (χ0v) is 15.5. The molecule has 2 aromatic carbocycles. The molecular weight excluding hydrogens is 358 g/mol. The second kappa shape index (κ2) is 7.25. The number of aromatic hydroxyl groups is 1. The SMILES string of the molecule is Cc1ccc(NC(c2ccccc2)c2cc(Cl)c3cccnc3c2O)nc1. The molecule has 5 heteroatoms. The van der Waals surface area contributed by atoms with Crippen LogP contribution >= 0.6 is 11.6 Å². The highest BCUT2D eigenvalue weighted by atomic mass is 35.5. The number of benzene rings is 2. The minimum Gasteiger partial charge on any atom is -0.505 e. The number of pyridine rings is 2. The van der Waals surface area contributed by atoms with Gasteiger partial charge in [-0.05, 0) is 42.3 Å². The molecule has 2 aromatic heterocycles. The summed E-state index contributed by atoms with van der Waals surface area (Å²) in [4.78, 5) is 8.76. The Kier molecular flexibility index (Phi) is 4.65. The Morgan fingerprint density at radius 3 is 2.56 bits per heavy atom. The molecule has 0 aliphatic carbocycles. The first kappa shape index (κ1) is 17.3. The number of fused-ring (bicyclic) bond motifs is 1. The molecule has 2 N–H and O–H groups in total. The van der Waals surface area contributed by atoms with Crippen molar-refractivity contribution in [2.45, 2.75) is 13.0 Å². The molecule has 0 bridgehead atoms. The Bertz CT molecular complexity index is 1080. The third kappa shape index (κ3) is 3.44. The van der Waals surface area contributed by atoms with Gasteiger partial charge >= 0.3 is 0 Å². The van der Waals surface area contributed by atoms with Crippen LogP contribution in [-0.2, 0) is 0 Å². The summed E-state index contributed by atoms with van der Waals surface area (Å²) in [5, 5.41) is 15.6. The molecule has 0 saturated heterocycles. The molecule has 0 aliphatic rings. The Balaban J connectivity index is 1.87. The Morgan fingerprint density at radius 1 is 1.00 bits per heavy atom. The minimum atomic E-state index is -0.328. The number of nitrogens with zero attached hydrogens (tertiary/aromatic N) is 2. The van der Waals surface area contributed by atoms with E-state index in [-0.39, 0.29) is 11.8 Å². The highest BCUT2D eigenvalue weighted by Gasteiger charge is 2.21. The minimum absolute atomic E-state index is 0.114. The average Bonchev–Trinajstić information content (AvgIpc) is 2.71. The van der Waals surface area contributed by atoms with Gasteiger partial charge in [0.25, 0.3) is 0 Å². The number of phenols is 1. The first-order valence-corrected chi connectivity index (χ1v) is 9.01. The molecule has 0 fully saturated rings. The van der Waals surface area contributed by atoms with E-state index in [0.717, 1.165) is 16.5 Å². The van der Waals surface area contributed by atoms with Crippen LogP contribution in [0.2, 0.25) is 5.02 Å². The van der Waals surface area contributed by atoms with Crippen molar-refractivity contribution in [3.63, 3.8) is 0 Å². The topological polar surface area (TPSA) is 58.0 Å². The second-order valence-electron chi connectivity index (χ2n) is 6.40. The molecule has 4 nitrogen and oxygen atoms in total. The van der Waals surface area contributed by atoms with Crippen molar-refractivity contribution in [3.05, 3.63) is 94.8 Å². The van der Waals surface area contributed by atoms with E-state index in [4.69, 9.17) is 11.6 Å². The number of anilines is 1. The Labute approximate surface area is 162 Å². The van der Waals surface area contributed by atoms with Gasteiger partial charge in [0.05, 0.1) is 11.1 Å². The van der Waals surface area contributed by atoms with Crippen LogP contribution in [0.4, 0.5) is 5.82 Å². The normalized spacial score (nSPS) is 12.1. The van der Waals surface area contributed by atoms with Crippen molar-refractivity contribution in [2.75, 3.05) is 5.32 Å². The molecule has 4 rings (SSSR count). The number of aryl methyl sites for hydroxylation is 1. The van der Waals surface area contributed by atoms with E-state index in [0.29, 0.717) is 21.9 Å². The predicted octanol–water partition coefficient (Wildman–Crippen LogP) is 5.50. The lowest BCUT2D eigenvalue weighted by Gasteiger charge is -2.22. The highest BCUT2D eigenvalue weighted by molar-refractivity contribution is 6.35. The summed E-state index contributed by atoms with van der Waals surface area (Å²) in [6.07, 6.45) is 3.45. The molecule has 0 saturated carbocycles. The summed E-state index contributed by atoms with van der Waals surface area (Å²) in [7, 11) is 0. The van der Waals surface area contributed by atoms with Crippen LogP contribution in [0.25, 0.3) is 10.9 Å². The molecule has 1 unspecified atom stereocenters. The van der Waals surface area contributed by atoms with Crippen LogP contribution < -0.4 is 5.32 Å². The maximum absolute atomic E-state index is 10.9. The Hall–Kier alpha value is -3.11. The third-order valence-corrected chi connectivity index (χ3v) is 4.81. The van der Waals surface area contributed by atoms with Gasteiger partial charge in [-0.3, -0.25) is 4.98 Å². The lowest BCUT2D eigenvalue weighted by molar-refractivity contribution is 0.471. The fraction of sp³-hybridized carbons (Fsp3) is 0.0909. The molecule has 0 amide bonds. The molecule has 4 aromatic rings. The van der Waals surface area contributed by atoms with Gasteiger partial charge in [0.1, 0.15) is 17.1 Å². The van der Waals surface area contributed by atoms with Crippen LogP contribution in [0.5, 0.6) is 5.75 Å². The molecule has 1 atom stereocenters. The maximum atomic E-state index is 10.9. The molecule has 0 radical (unpaired) electrons. The monoisotopic (exact) mass is 375 g/mol. The lowest BCUT2D eigenvalue weighted by Crippen LogP contribution is -2.14. The van der Waals surface area contributed by atoms with Crippen molar-refractivity contribution in [1.82, 2.24) is 9.97 Å². The lowest BCUT2D eigenvalue weighted by atomic mass is 9.96. The van der Waals surface area contributed by atoms with Gasteiger partial charge in [0.15, 0.2) is 0 Å². The van der Waals surface area contributed by atoms with Gasteiger partial charge in [0, 0.05) is 23.3 Å². The van der Waals surface area contributed by atoms with E-state index >= 15 is 0 Å². The van der Waals surface area contributed by atoms with Crippen LogP contribution in [0.3, 0.4) is 0 Å². The Morgan fingerprint density at radius 2 is 1.81 bits per heavy atom. The van der Waals surface area contributed by atoms with Crippen molar-refractivity contribution < 1.29 is 5.11 Å². The summed E-state index contributed by atoms with van der Waals surface area (Å²) in [5.74, 6) is 0.828. The van der Waals surface area contributed by atoms with E-state index in [1.807, 2.05) is 55.5 Å². The third-order valence-electron chi connectivity index (χ3n) is 4.49. The largest absolute Gasteiger partial charge is 0.505 e. The highest BCUT2D eigenvalue weighted by Crippen LogP contribution is 2.39. The predicted molar refractivity (Wildman–Crippen MR) is 109 cm³/mol. The summed E-state index contributed by atoms with van der Waals surface area (Å²) in [6.45, 7) is 1.99. The fourth-order valence-corrected chi connectivity index (χ4v) is 3.38. The van der Waals surface area contributed by atoms with Gasteiger partial charge in [-0.15, -0.1) is 0 Å². The van der Waals surface area contributed by atoms with E-state index in [1.165, 1.54) is 0 Å². The maximum Gasteiger partial charge on any atom is 0.147 e. The van der Waals surface area contributed by atoms with Crippen LogP contribution in [-0.4, -0.2) is 15.1 Å². The number of phenolic OH excluding ortho intramolecular Hbond substituents is 1. The number of halogens is 1. The first-order chi connectivity index (χ1) is 13.1. The van der Waals surface area contributed by atoms with Crippen LogP contribution in [0, 0.1) is 6.92 Å². The first-order valence-electron chi connectivity index (χ1n) is 8.63. The standard InChI is InChI=1S/C22H18ClN3O/c1-14-9-10-19(25-13-14)26-20(15-6-3-2-4-7-15)17-12-18(23)16-8-5-11-24-21(16)22(17)27/h2-13,20,27H,1H3,(H,25,26). The summed E-state index contributed by atoms with van der Waals surface area (Å²) in [5.41, 5.74) is 3.21. The van der Waals surface area contributed by atoms with Gasteiger partial charge in [-0.25, -0.2) is 4.98 Å². The summed E-state index contributed by atoms with van der Waals surface area (Å²) >= 11 is 6.49. The van der Waals surface area contributed by atoms with Crippen molar-refractivity contribution >= 4 is 28.3 Å². The molecule has 0 spiro atoms. The fourth-order valence-electron chi connectivity index (χ4n) is 3.11. The zero-order valence-electron chi connectivity index (χ0n) is 14.7. The summed E-state index contributed by atoms with van der Waals surface area (Å²) < 4.78 is 0. The summed E-state index contributed by atoms with van der Waals surface area (Å²) in [6, 6.07) is 18.9. The number of nitrogens with one attached hydrogen (secondary N) is 1. The van der Waals surface area contributed by atoms with Crippen LogP contribution in [0.15, 0.2) is 73.1 Å². The second-order valence-corrected chi connectivity index (χ2v) is 6.81. The van der Waals surface area contributed by atoms with Crippen LogP contribution in [0.1, 0.15) is 22.7 Å². The van der Waals surface area contributed by atoms with E-state index in [9.17, 15) is 5.11 Å². The van der Waals surface area contributed by atoms with Crippen molar-refractivity contribution in [2.24, 2.45) is 0 Å². The molecule has 134 valence electrons.